The van der Waals surface area contributed by atoms with Crippen molar-refractivity contribution in [3.8, 4) is 56.0 Å². The van der Waals surface area contributed by atoms with Gasteiger partial charge in [-0.1, -0.05) is 176 Å². The predicted molar refractivity (Wildman–Crippen MR) is 235 cm³/mol. The lowest BCUT2D eigenvalue weighted by molar-refractivity contribution is 0.436. The van der Waals surface area contributed by atoms with Gasteiger partial charge in [0.25, 0.3) is 0 Å². The standard InChI is InChI=1S/C55H37NO/c1-5-19-38(20-6-1)43-27-14-17-31-52(43)56(41-25-11-4-12-26-41)42-33-34-45-44-28-13-15-29-48(44)55(50(45)35-42)49-30-16-18-32-53(49)57-54-37-47(40-23-9-3-10-24-40)46(36-51(54)55)39-21-7-2-8-22-39/h1-37H. The average Bonchev–Trinajstić information content (AvgIpc) is 3.57. The quantitative estimate of drug-likeness (QED) is 0.169. The van der Waals surface area contributed by atoms with Crippen LogP contribution in [0.2, 0.25) is 0 Å². The van der Waals surface area contributed by atoms with E-state index in [9.17, 15) is 0 Å². The van der Waals surface area contributed by atoms with Crippen LogP contribution in [0.5, 0.6) is 11.5 Å². The van der Waals surface area contributed by atoms with Crippen molar-refractivity contribution in [2.45, 2.75) is 5.41 Å². The number of ether oxygens (including phenoxy) is 1. The summed E-state index contributed by atoms with van der Waals surface area (Å²) >= 11 is 0. The minimum absolute atomic E-state index is 0.661. The van der Waals surface area contributed by atoms with Gasteiger partial charge in [-0.3, -0.25) is 0 Å². The highest BCUT2D eigenvalue weighted by Gasteiger charge is 2.51. The summed E-state index contributed by atoms with van der Waals surface area (Å²) in [5.41, 5.74) is 16.9. The van der Waals surface area contributed by atoms with Crippen LogP contribution in [0.3, 0.4) is 0 Å². The van der Waals surface area contributed by atoms with Crippen LogP contribution in [-0.2, 0) is 5.41 Å². The summed E-state index contributed by atoms with van der Waals surface area (Å²) in [7, 11) is 0. The summed E-state index contributed by atoms with van der Waals surface area (Å²) in [4.78, 5) is 2.42. The molecule has 0 saturated heterocycles. The molecule has 11 rings (SSSR count). The minimum Gasteiger partial charge on any atom is -0.457 e. The van der Waals surface area contributed by atoms with Gasteiger partial charge >= 0.3 is 0 Å². The van der Waals surface area contributed by atoms with Gasteiger partial charge in [0.1, 0.15) is 11.5 Å². The summed E-state index contributed by atoms with van der Waals surface area (Å²) in [6.45, 7) is 0. The molecule has 0 N–H and O–H groups in total. The number of anilines is 3. The molecule has 0 saturated carbocycles. The summed E-state index contributed by atoms with van der Waals surface area (Å²) < 4.78 is 7.02. The van der Waals surface area contributed by atoms with Crippen molar-refractivity contribution < 1.29 is 4.74 Å². The zero-order chi connectivity index (χ0) is 37.8. The summed E-state index contributed by atoms with van der Waals surface area (Å²) in [5, 5.41) is 0. The van der Waals surface area contributed by atoms with Crippen LogP contribution >= 0.6 is 0 Å². The fourth-order valence-corrected chi connectivity index (χ4v) is 9.32. The maximum absolute atomic E-state index is 7.02. The molecule has 268 valence electrons. The van der Waals surface area contributed by atoms with Crippen LogP contribution in [0.25, 0.3) is 44.5 Å². The first-order valence-corrected chi connectivity index (χ1v) is 19.6. The zero-order valence-electron chi connectivity index (χ0n) is 31.2. The molecule has 0 fully saturated rings. The first-order valence-electron chi connectivity index (χ1n) is 19.6. The third kappa shape index (κ3) is 5.18. The molecular weight excluding hydrogens is 691 g/mol. The Balaban J connectivity index is 1.22. The van der Waals surface area contributed by atoms with Gasteiger partial charge < -0.3 is 9.64 Å². The SMILES string of the molecule is c1ccc(-c2cc3c(cc2-c2ccccc2)C2(c4ccccc4O3)c3ccccc3-c3ccc(N(c4ccccc4)c4ccccc4-c4ccccc4)cc32)cc1. The van der Waals surface area contributed by atoms with E-state index >= 15 is 0 Å². The number of hydrogen-bond donors (Lipinski definition) is 0. The van der Waals surface area contributed by atoms with Gasteiger partial charge in [-0.2, -0.15) is 0 Å². The number of hydrogen-bond acceptors (Lipinski definition) is 2. The molecule has 0 aromatic heterocycles. The van der Waals surface area contributed by atoms with Gasteiger partial charge in [-0.15, -0.1) is 0 Å². The van der Waals surface area contributed by atoms with E-state index < -0.39 is 5.41 Å². The second kappa shape index (κ2) is 13.4. The summed E-state index contributed by atoms with van der Waals surface area (Å²) in [5.74, 6) is 1.74. The van der Waals surface area contributed by atoms with Crippen molar-refractivity contribution in [3.63, 3.8) is 0 Å². The Labute approximate surface area is 333 Å². The highest BCUT2D eigenvalue weighted by atomic mass is 16.5. The van der Waals surface area contributed by atoms with Gasteiger partial charge in [0.15, 0.2) is 0 Å². The second-order valence-corrected chi connectivity index (χ2v) is 14.8. The third-order valence-corrected chi connectivity index (χ3v) is 11.7. The zero-order valence-corrected chi connectivity index (χ0v) is 31.2. The number of rotatable bonds is 6. The van der Waals surface area contributed by atoms with E-state index in [-0.39, 0.29) is 0 Å². The molecule has 2 nitrogen and oxygen atoms in total. The number of benzene rings is 9. The van der Waals surface area contributed by atoms with E-state index in [1.165, 1.54) is 44.5 Å². The normalized spacial score (nSPS) is 14.5. The Hall–Kier alpha value is -7.42. The Morgan fingerprint density at radius 3 is 1.49 bits per heavy atom. The molecule has 1 atom stereocenters. The predicted octanol–water partition coefficient (Wildman–Crippen LogP) is 14.6. The number of fused-ring (bicyclic) bond motifs is 9. The first kappa shape index (κ1) is 33.0. The molecule has 1 heterocycles. The van der Waals surface area contributed by atoms with E-state index in [0.717, 1.165) is 50.8 Å². The highest BCUT2D eigenvalue weighted by Crippen LogP contribution is 2.63. The third-order valence-electron chi connectivity index (χ3n) is 11.7. The van der Waals surface area contributed by atoms with Gasteiger partial charge in [-0.25, -0.2) is 0 Å². The summed E-state index contributed by atoms with van der Waals surface area (Å²) in [6, 6.07) is 81.0. The molecule has 0 radical (unpaired) electrons. The van der Waals surface area contributed by atoms with E-state index in [1.54, 1.807) is 0 Å². The van der Waals surface area contributed by atoms with E-state index in [1.807, 2.05) is 0 Å². The maximum atomic E-state index is 7.02. The van der Waals surface area contributed by atoms with Crippen LogP contribution in [0.15, 0.2) is 224 Å². The van der Waals surface area contributed by atoms with E-state index in [4.69, 9.17) is 4.74 Å². The van der Waals surface area contributed by atoms with Crippen molar-refractivity contribution in [3.05, 3.63) is 247 Å². The average molecular weight is 728 g/mol. The minimum atomic E-state index is -0.661. The number of nitrogens with zero attached hydrogens (tertiary/aromatic N) is 1. The molecule has 1 spiro atoms. The topological polar surface area (TPSA) is 12.5 Å². The number of para-hydroxylation sites is 3. The largest absolute Gasteiger partial charge is 0.457 e. The van der Waals surface area contributed by atoms with Gasteiger partial charge in [-0.05, 0) is 98.6 Å². The Bertz CT molecular complexity index is 2920. The molecule has 2 aliphatic rings. The molecule has 57 heavy (non-hydrogen) atoms. The Morgan fingerprint density at radius 1 is 0.298 bits per heavy atom. The van der Waals surface area contributed by atoms with Crippen molar-refractivity contribution in [1.29, 1.82) is 0 Å². The Kier molecular flexibility index (Phi) is 7.75. The van der Waals surface area contributed by atoms with E-state index in [2.05, 4.69) is 229 Å². The molecule has 2 heteroatoms. The molecule has 9 aromatic carbocycles. The lowest BCUT2D eigenvalue weighted by Crippen LogP contribution is -2.32. The van der Waals surface area contributed by atoms with Crippen LogP contribution in [0.4, 0.5) is 17.1 Å². The van der Waals surface area contributed by atoms with Crippen LogP contribution < -0.4 is 9.64 Å². The van der Waals surface area contributed by atoms with Gasteiger partial charge in [0, 0.05) is 28.1 Å². The van der Waals surface area contributed by atoms with Crippen LogP contribution in [0, 0.1) is 0 Å². The van der Waals surface area contributed by atoms with Crippen LogP contribution in [0.1, 0.15) is 22.3 Å². The molecule has 1 aliphatic heterocycles. The van der Waals surface area contributed by atoms with Gasteiger partial charge in [0.05, 0.1) is 11.1 Å². The lowest BCUT2D eigenvalue weighted by Gasteiger charge is -2.40. The fraction of sp³-hybridized carbons (Fsp3) is 0.0182. The Morgan fingerprint density at radius 2 is 0.807 bits per heavy atom. The first-order chi connectivity index (χ1) is 28.3. The molecule has 9 aromatic rings. The van der Waals surface area contributed by atoms with Crippen molar-refractivity contribution >= 4 is 17.1 Å². The van der Waals surface area contributed by atoms with Gasteiger partial charge in [0.2, 0.25) is 0 Å². The maximum Gasteiger partial charge on any atom is 0.132 e. The molecule has 1 aliphatic carbocycles. The second-order valence-electron chi connectivity index (χ2n) is 14.8. The fourth-order valence-electron chi connectivity index (χ4n) is 9.32. The van der Waals surface area contributed by atoms with Crippen molar-refractivity contribution in [2.24, 2.45) is 0 Å². The lowest BCUT2D eigenvalue weighted by atomic mass is 9.65. The smallest absolute Gasteiger partial charge is 0.132 e. The molecule has 0 amide bonds. The van der Waals surface area contributed by atoms with Crippen molar-refractivity contribution in [2.75, 3.05) is 4.90 Å². The van der Waals surface area contributed by atoms with E-state index in [0.29, 0.717) is 0 Å². The monoisotopic (exact) mass is 727 g/mol. The van der Waals surface area contributed by atoms with Crippen LogP contribution in [-0.4, -0.2) is 0 Å². The highest BCUT2D eigenvalue weighted by molar-refractivity contribution is 5.95. The molecule has 0 bridgehead atoms. The molecular formula is C55H37NO. The summed E-state index contributed by atoms with van der Waals surface area (Å²) in [6.07, 6.45) is 0. The van der Waals surface area contributed by atoms with Crippen molar-refractivity contribution in [1.82, 2.24) is 0 Å². The molecule has 1 unspecified atom stereocenters.